The van der Waals surface area contributed by atoms with Gasteiger partial charge in [0.15, 0.2) is 5.17 Å². The number of esters is 1. The summed E-state index contributed by atoms with van der Waals surface area (Å²) in [7, 11) is 1.62. The number of carbonyl (C=O) groups excluding carboxylic acids is 2. The molecule has 1 atom stereocenters. The van der Waals surface area contributed by atoms with Crippen LogP contribution in [0.2, 0.25) is 0 Å². The summed E-state index contributed by atoms with van der Waals surface area (Å²) in [5, 5.41) is 5.92. The average Bonchev–Trinajstić information content (AvgIpc) is 3.20. The second-order valence-electron chi connectivity index (χ2n) is 8.47. The number of amides is 1. The highest BCUT2D eigenvalue weighted by Gasteiger charge is 2.41. The topological polar surface area (TPSA) is 80.2 Å². The number of hydrogen-bond donors (Lipinski definition) is 1. The van der Waals surface area contributed by atoms with E-state index in [0.717, 1.165) is 42.1 Å². The van der Waals surface area contributed by atoms with Crippen molar-refractivity contribution < 1.29 is 19.1 Å². The van der Waals surface area contributed by atoms with Gasteiger partial charge in [-0.25, -0.2) is 9.79 Å². The average molecular weight is 470 g/mol. The summed E-state index contributed by atoms with van der Waals surface area (Å²) in [6, 6.07) is 7.46. The van der Waals surface area contributed by atoms with Gasteiger partial charge in [0.1, 0.15) is 5.75 Å². The number of hydrogen-bond acceptors (Lipinski definition) is 7. The first-order valence-electron chi connectivity index (χ1n) is 11.6. The van der Waals surface area contributed by atoms with Gasteiger partial charge in [0.05, 0.1) is 37.4 Å². The highest BCUT2D eigenvalue weighted by Crippen LogP contribution is 2.45. The standard InChI is InChI=1S/C25H31N3O4S/c1-4-32-24(30)22-16(2)26-25-28(23(22)17-9-8-12-20(13-17)31-3)19(15-33-25)14-21(29)27-18-10-6-5-7-11-18/h8-9,12-13,15,18,23H,4-7,10-11,14H2,1-3H3,(H,27,29). The number of ether oxygens (including phenoxy) is 2. The van der Waals surface area contributed by atoms with Gasteiger partial charge in [0, 0.05) is 11.7 Å². The van der Waals surface area contributed by atoms with Crippen LogP contribution in [0.4, 0.5) is 0 Å². The van der Waals surface area contributed by atoms with E-state index in [2.05, 4.69) is 10.3 Å². The summed E-state index contributed by atoms with van der Waals surface area (Å²) >= 11 is 1.48. The number of methoxy groups -OCH3 is 1. The minimum Gasteiger partial charge on any atom is -0.497 e. The third-order valence-electron chi connectivity index (χ3n) is 6.22. The first kappa shape index (κ1) is 23.4. The summed E-state index contributed by atoms with van der Waals surface area (Å²) in [4.78, 5) is 32.6. The number of benzene rings is 1. The molecule has 0 bridgehead atoms. The van der Waals surface area contributed by atoms with Gasteiger partial charge >= 0.3 is 5.97 Å². The quantitative estimate of drug-likeness (QED) is 0.585. The van der Waals surface area contributed by atoms with Crippen molar-refractivity contribution in [1.82, 2.24) is 10.2 Å². The zero-order valence-electron chi connectivity index (χ0n) is 19.4. The van der Waals surface area contributed by atoms with E-state index in [1.165, 1.54) is 18.2 Å². The second kappa shape index (κ2) is 10.5. The van der Waals surface area contributed by atoms with Crippen molar-refractivity contribution in [1.29, 1.82) is 0 Å². The highest BCUT2D eigenvalue weighted by atomic mass is 32.2. The lowest BCUT2D eigenvalue weighted by atomic mass is 9.93. The number of nitrogens with zero attached hydrogens (tertiary/aromatic N) is 2. The van der Waals surface area contributed by atoms with Crippen LogP contribution in [-0.2, 0) is 14.3 Å². The molecule has 1 N–H and O–H groups in total. The molecule has 1 saturated carbocycles. The van der Waals surface area contributed by atoms with Crippen molar-refractivity contribution in [3.05, 3.63) is 52.2 Å². The maximum absolute atomic E-state index is 13.0. The fourth-order valence-electron chi connectivity index (χ4n) is 4.66. The maximum atomic E-state index is 13.0. The molecule has 8 heteroatoms. The molecule has 0 saturated heterocycles. The molecule has 0 aromatic heterocycles. The largest absolute Gasteiger partial charge is 0.497 e. The fourth-order valence-corrected chi connectivity index (χ4v) is 5.62. The number of fused-ring (bicyclic) bond motifs is 1. The first-order valence-corrected chi connectivity index (χ1v) is 12.4. The Morgan fingerprint density at radius 2 is 2.03 bits per heavy atom. The van der Waals surface area contributed by atoms with Gasteiger partial charge < -0.3 is 19.7 Å². The molecule has 1 aliphatic carbocycles. The zero-order chi connectivity index (χ0) is 23.4. The lowest BCUT2D eigenvalue weighted by Gasteiger charge is -2.36. The molecule has 1 amide bonds. The molecule has 4 rings (SSSR count). The van der Waals surface area contributed by atoms with E-state index in [1.807, 2.05) is 41.5 Å². The summed E-state index contributed by atoms with van der Waals surface area (Å²) in [5.74, 6) is 0.307. The molecule has 0 spiro atoms. The molecule has 1 aromatic carbocycles. The Balaban J connectivity index is 1.64. The molecular formula is C25H31N3O4S. The predicted molar refractivity (Wildman–Crippen MR) is 130 cm³/mol. The molecule has 2 aliphatic heterocycles. The zero-order valence-corrected chi connectivity index (χ0v) is 20.2. The monoisotopic (exact) mass is 469 g/mol. The Morgan fingerprint density at radius 1 is 1.24 bits per heavy atom. The van der Waals surface area contributed by atoms with E-state index in [-0.39, 0.29) is 25.0 Å². The van der Waals surface area contributed by atoms with Crippen molar-refractivity contribution >= 4 is 28.8 Å². The van der Waals surface area contributed by atoms with Gasteiger partial charge in [-0.15, -0.1) is 0 Å². The number of aliphatic imine (C=N–C) groups is 1. The van der Waals surface area contributed by atoms with Crippen LogP contribution in [0.3, 0.4) is 0 Å². The number of carbonyl (C=O) groups is 2. The van der Waals surface area contributed by atoms with E-state index >= 15 is 0 Å². The van der Waals surface area contributed by atoms with Crippen molar-refractivity contribution in [2.45, 2.75) is 64.5 Å². The van der Waals surface area contributed by atoms with Crippen molar-refractivity contribution in [2.75, 3.05) is 13.7 Å². The number of thioether (sulfide) groups is 1. The van der Waals surface area contributed by atoms with Crippen LogP contribution in [0.1, 0.15) is 64.0 Å². The van der Waals surface area contributed by atoms with Gasteiger partial charge in [0.2, 0.25) is 5.91 Å². The summed E-state index contributed by atoms with van der Waals surface area (Å²) in [6.07, 6.45) is 5.88. The molecule has 1 aromatic rings. The second-order valence-corrected chi connectivity index (χ2v) is 9.31. The maximum Gasteiger partial charge on any atom is 0.338 e. The Morgan fingerprint density at radius 3 is 2.76 bits per heavy atom. The molecule has 0 radical (unpaired) electrons. The number of nitrogens with one attached hydrogen (secondary N) is 1. The van der Waals surface area contributed by atoms with Crippen molar-refractivity contribution in [3.8, 4) is 5.75 Å². The van der Waals surface area contributed by atoms with E-state index in [1.54, 1.807) is 14.0 Å². The predicted octanol–water partition coefficient (Wildman–Crippen LogP) is 4.67. The van der Waals surface area contributed by atoms with Crippen LogP contribution in [0.25, 0.3) is 0 Å². The van der Waals surface area contributed by atoms with Gasteiger partial charge in [-0.1, -0.05) is 43.2 Å². The van der Waals surface area contributed by atoms with Crippen LogP contribution in [0.5, 0.6) is 5.75 Å². The fraction of sp³-hybridized carbons (Fsp3) is 0.480. The van der Waals surface area contributed by atoms with Crippen LogP contribution in [0.15, 0.2) is 51.6 Å². The van der Waals surface area contributed by atoms with Crippen LogP contribution in [0, 0.1) is 0 Å². The summed E-state index contributed by atoms with van der Waals surface area (Å²) in [5.41, 5.74) is 2.82. The third-order valence-corrected chi connectivity index (χ3v) is 7.11. The van der Waals surface area contributed by atoms with E-state index in [0.29, 0.717) is 17.0 Å². The van der Waals surface area contributed by atoms with Crippen LogP contribution >= 0.6 is 11.8 Å². The molecule has 2 heterocycles. The van der Waals surface area contributed by atoms with Gasteiger partial charge in [-0.3, -0.25) is 4.79 Å². The lowest BCUT2D eigenvalue weighted by Crippen LogP contribution is -2.40. The number of allylic oxidation sites excluding steroid dienone is 1. The molecule has 7 nitrogen and oxygen atoms in total. The van der Waals surface area contributed by atoms with Crippen LogP contribution in [-0.4, -0.2) is 41.7 Å². The Hall–Kier alpha value is -2.74. The van der Waals surface area contributed by atoms with Crippen molar-refractivity contribution in [2.24, 2.45) is 4.99 Å². The summed E-state index contributed by atoms with van der Waals surface area (Å²) < 4.78 is 10.8. The van der Waals surface area contributed by atoms with E-state index < -0.39 is 12.0 Å². The molecule has 176 valence electrons. The van der Waals surface area contributed by atoms with Gasteiger partial charge in [-0.2, -0.15) is 0 Å². The lowest BCUT2D eigenvalue weighted by molar-refractivity contribution is -0.139. The Kier molecular flexibility index (Phi) is 7.42. The minimum atomic E-state index is -0.449. The third kappa shape index (κ3) is 5.11. The first-order chi connectivity index (χ1) is 16.0. The molecule has 1 unspecified atom stereocenters. The van der Waals surface area contributed by atoms with Gasteiger partial charge in [-0.05, 0) is 49.8 Å². The SMILES string of the molecule is CCOC(=O)C1=C(C)N=C2SC=C(CC(=O)NC3CCCCC3)N2C1c1cccc(OC)c1. The number of rotatable bonds is 7. The van der Waals surface area contributed by atoms with Crippen LogP contribution < -0.4 is 10.1 Å². The summed E-state index contributed by atoms with van der Waals surface area (Å²) in [6.45, 7) is 3.90. The minimum absolute atomic E-state index is 0.00310. The molecule has 1 fully saturated rings. The Bertz CT molecular complexity index is 1010. The molecular weight excluding hydrogens is 438 g/mol. The highest BCUT2D eigenvalue weighted by molar-refractivity contribution is 8.16. The number of amidine groups is 1. The normalized spacial score (nSPS) is 20.7. The Labute approximate surface area is 199 Å². The molecule has 33 heavy (non-hydrogen) atoms. The van der Waals surface area contributed by atoms with E-state index in [9.17, 15) is 9.59 Å². The van der Waals surface area contributed by atoms with Crippen molar-refractivity contribution in [3.63, 3.8) is 0 Å². The molecule has 3 aliphatic rings. The van der Waals surface area contributed by atoms with E-state index in [4.69, 9.17) is 9.47 Å². The van der Waals surface area contributed by atoms with Gasteiger partial charge in [0.25, 0.3) is 0 Å². The smallest absolute Gasteiger partial charge is 0.338 e.